The molecular weight excluding hydrogens is 240 g/mol. The van der Waals surface area contributed by atoms with Gasteiger partial charge in [0.15, 0.2) is 0 Å². The molecule has 0 spiro atoms. The maximum atomic E-state index is 6.34. The fourth-order valence-corrected chi connectivity index (χ4v) is 2.12. The summed E-state index contributed by atoms with van der Waals surface area (Å²) < 4.78 is 5.21. The number of benzene rings is 1. The number of rotatable bonds is 4. The number of ether oxygens (including phenoxy) is 1. The van der Waals surface area contributed by atoms with E-state index in [1.807, 2.05) is 30.3 Å². The summed E-state index contributed by atoms with van der Waals surface area (Å²) in [4.78, 5) is 4.32. The number of amidine groups is 1. The molecule has 0 aromatic heterocycles. The van der Waals surface area contributed by atoms with E-state index in [2.05, 4.69) is 17.2 Å². The van der Waals surface area contributed by atoms with Gasteiger partial charge >= 0.3 is 0 Å². The monoisotopic (exact) mass is 260 g/mol. The van der Waals surface area contributed by atoms with Crippen molar-refractivity contribution in [3.05, 3.63) is 41.6 Å². The van der Waals surface area contributed by atoms with Crippen LogP contribution in [0.25, 0.3) is 0 Å². The summed E-state index contributed by atoms with van der Waals surface area (Å²) in [5.41, 5.74) is 14.0. The van der Waals surface area contributed by atoms with E-state index in [0.717, 1.165) is 29.9 Å². The van der Waals surface area contributed by atoms with Crippen molar-refractivity contribution in [1.29, 1.82) is 0 Å². The molecular formula is C14H20N4O. The molecule has 0 saturated carbocycles. The molecule has 1 aromatic carbocycles. The molecule has 0 amide bonds. The minimum atomic E-state index is -1.03. The van der Waals surface area contributed by atoms with Crippen LogP contribution in [0.5, 0.6) is 5.75 Å². The molecule has 5 nitrogen and oxygen atoms in total. The first kappa shape index (κ1) is 13.4. The van der Waals surface area contributed by atoms with Crippen molar-refractivity contribution in [2.24, 2.45) is 16.5 Å². The number of nitrogens with zero attached hydrogens (tertiary/aromatic N) is 1. The van der Waals surface area contributed by atoms with Crippen molar-refractivity contribution in [2.75, 3.05) is 7.11 Å². The van der Waals surface area contributed by atoms with Gasteiger partial charge in [-0.3, -0.25) is 5.73 Å². The molecule has 1 atom stereocenters. The lowest BCUT2D eigenvalue weighted by Crippen LogP contribution is -2.51. The third kappa shape index (κ3) is 2.88. The van der Waals surface area contributed by atoms with Gasteiger partial charge in [0.1, 0.15) is 11.6 Å². The van der Waals surface area contributed by atoms with Gasteiger partial charge in [-0.05, 0) is 24.6 Å². The molecule has 19 heavy (non-hydrogen) atoms. The average molecular weight is 260 g/mol. The number of hydrogen-bond acceptors (Lipinski definition) is 5. The average Bonchev–Trinajstić information content (AvgIpc) is 2.38. The van der Waals surface area contributed by atoms with E-state index in [1.54, 1.807) is 7.11 Å². The van der Waals surface area contributed by atoms with Crippen LogP contribution in [-0.4, -0.2) is 12.9 Å². The van der Waals surface area contributed by atoms with E-state index < -0.39 is 5.79 Å². The maximum Gasteiger partial charge on any atom is 0.211 e. The molecule has 1 unspecified atom stereocenters. The van der Waals surface area contributed by atoms with Crippen LogP contribution < -0.4 is 21.5 Å². The SMILES string of the molecule is CCCC1=CC(N)=NC(N)(c2cccc(OC)c2)N1. The normalized spacial score (nSPS) is 22.3. The van der Waals surface area contributed by atoms with E-state index in [1.165, 1.54) is 0 Å². The third-order valence-electron chi connectivity index (χ3n) is 3.01. The highest BCUT2D eigenvalue weighted by atomic mass is 16.5. The van der Waals surface area contributed by atoms with Gasteiger partial charge in [0.25, 0.3) is 0 Å². The van der Waals surface area contributed by atoms with Crippen LogP contribution >= 0.6 is 0 Å². The second-order valence-electron chi connectivity index (χ2n) is 4.58. The Morgan fingerprint density at radius 1 is 1.42 bits per heavy atom. The molecule has 0 radical (unpaired) electrons. The number of allylic oxidation sites excluding steroid dienone is 1. The summed E-state index contributed by atoms with van der Waals surface area (Å²) in [6, 6.07) is 7.51. The Morgan fingerprint density at radius 2 is 2.21 bits per heavy atom. The van der Waals surface area contributed by atoms with E-state index in [4.69, 9.17) is 16.2 Å². The van der Waals surface area contributed by atoms with Gasteiger partial charge in [-0.1, -0.05) is 25.5 Å². The minimum absolute atomic E-state index is 0.438. The van der Waals surface area contributed by atoms with Gasteiger partial charge in [-0.15, -0.1) is 0 Å². The van der Waals surface area contributed by atoms with Crippen LogP contribution in [0.4, 0.5) is 0 Å². The first-order valence-electron chi connectivity index (χ1n) is 6.35. The lowest BCUT2D eigenvalue weighted by molar-refractivity contribution is 0.379. The number of methoxy groups -OCH3 is 1. The molecule has 0 fully saturated rings. The Labute approximate surface area is 113 Å². The second kappa shape index (κ2) is 5.32. The molecule has 1 aromatic rings. The first-order chi connectivity index (χ1) is 9.07. The van der Waals surface area contributed by atoms with Gasteiger partial charge in [0.05, 0.1) is 7.11 Å². The molecule has 5 N–H and O–H groups in total. The van der Waals surface area contributed by atoms with Gasteiger partial charge in [0.2, 0.25) is 5.79 Å². The number of nitrogens with one attached hydrogen (secondary N) is 1. The molecule has 1 aliphatic heterocycles. The molecule has 2 rings (SSSR count). The highest BCUT2D eigenvalue weighted by molar-refractivity contribution is 5.93. The molecule has 1 aliphatic rings. The summed E-state index contributed by atoms with van der Waals surface area (Å²) in [7, 11) is 1.62. The van der Waals surface area contributed by atoms with Crippen molar-refractivity contribution >= 4 is 5.84 Å². The lowest BCUT2D eigenvalue weighted by atomic mass is 10.1. The Morgan fingerprint density at radius 3 is 2.89 bits per heavy atom. The Kier molecular flexibility index (Phi) is 3.76. The molecule has 0 bridgehead atoms. The zero-order valence-electron chi connectivity index (χ0n) is 11.3. The van der Waals surface area contributed by atoms with Gasteiger partial charge < -0.3 is 15.8 Å². The van der Waals surface area contributed by atoms with E-state index in [0.29, 0.717) is 5.84 Å². The van der Waals surface area contributed by atoms with Crippen molar-refractivity contribution in [3.8, 4) is 5.75 Å². The van der Waals surface area contributed by atoms with Crippen LogP contribution in [0.1, 0.15) is 25.3 Å². The topological polar surface area (TPSA) is 85.7 Å². The largest absolute Gasteiger partial charge is 0.497 e. The van der Waals surface area contributed by atoms with Gasteiger partial charge in [-0.2, -0.15) is 0 Å². The van der Waals surface area contributed by atoms with Gasteiger partial charge in [0, 0.05) is 11.3 Å². The smallest absolute Gasteiger partial charge is 0.211 e. The summed E-state index contributed by atoms with van der Waals surface area (Å²) in [6.45, 7) is 2.11. The number of hydrogen-bond donors (Lipinski definition) is 3. The quantitative estimate of drug-likeness (QED) is 0.764. The number of aliphatic imine (C=N–C) groups is 1. The Bertz CT molecular complexity index is 524. The Hall–Kier alpha value is -2.01. The van der Waals surface area contributed by atoms with Crippen molar-refractivity contribution in [3.63, 3.8) is 0 Å². The van der Waals surface area contributed by atoms with E-state index in [-0.39, 0.29) is 0 Å². The van der Waals surface area contributed by atoms with Crippen LogP contribution in [0.3, 0.4) is 0 Å². The fourth-order valence-electron chi connectivity index (χ4n) is 2.12. The summed E-state index contributed by atoms with van der Waals surface area (Å²) in [5.74, 6) is 0.148. The third-order valence-corrected chi connectivity index (χ3v) is 3.01. The summed E-state index contributed by atoms with van der Waals surface area (Å²) >= 11 is 0. The van der Waals surface area contributed by atoms with Crippen LogP contribution in [0.2, 0.25) is 0 Å². The number of nitrogens with two attached hydrogens (primary N) is 2. The van der Waals surface area contributed by atoms with Crippen molar-refractivity contribution in [2.45, 2.75) is 25.6 Å². The molecule has 102 valence electrons. The van der Waals surface area contributed by atoms with E-state index >= 15 is 0 Å². The maximum absolute atomic E-state index is 6.34. The van der Waals surface area contributed by atoms with Crippen molar-refractivity contribution < 1.29 is 4.74 Å². The highest BCUT2D eigenvalue weighted by Crippen LogP contribution is 2.25. The zero-order chi connectivity index (χ0) is 13.9. The highest BCUT2D eigenvalue weighted by Gasteiger charge is 2.30. The molecule has 0 aliphatic carbocycles. The zero-order valence-corrected chi connectivity index (χ0v) is 11.3. The predicted octanol–water partition coefficient (Wildman–Crippen LogP) is 1.41. The van der Waals surface area contributed by atoms with Crippen molar-refractivity contribution in [1.82, 2.24) is 5.32 Å². The van der Waals surface area contributed by atoms with Crippen LogP contribution in [0.15, 0.2) is 41.0 Å². The standard InChI is InChI=1S/C14H20N4O/c1-3-5-11-9-13(15)18-14(16,17-11)10-6-4-7-12(8-10)19-2/h4,6-9,17H,3,5,16H2,1-2H3,(H2,15,18). The molecule has 5 heteroatoms. The Balaban J connectivity index is 2.35. The fraction of sp³-hybridized carbons (Fsp3) is 0.357. The lowest BCUT2D eigenvalue weighted by Gasteiger charge is -2.32. The molecule has 1 heterocycles. The summed E-state index contributed by atoms with van der Waals surface area (Å²) in [6.07, 6.45) is 3.73. The minimum Gasteiger partial charge on any atom is -0.497 e. The summed E-state index contributed by atoms with van der Waals surface area (Å²) in [5, 5.41) is 3.24. The predicted molar refractivity (Wildman–Crippen MR) is 76.6 cm³/mol. The van der Waals surface area contributed by atoms with Gasteiger partial charge in [-0.25, -0.2) is 4.99 Å². The molecule has 0 saturated heterocycles. The van der Waals surface area contributed by atoms with E-state index in [9.17, 15) is 0 Å². The first-order valence-corrected chi connectivity index (χ1v) is 6.35. The van der Waals surface area contributed by atoms with Crippen LogP contribution in [0, 0.1) is 0 Å². The van der Waals surface area contributed by atoms with Crippen LogP contribution in [-0.2, 0) is 5.79 Å². The second-order valence-corrected chi connectivity index (χ2v) is 4.58.